The number of aliphatic hydroxyl groups is 1. The van der Waals surface area contributed by atoms with E-state index in [1.807, 2.05) is 0 Å². The standard InChI is InChI=1S/C14H11F2N4.C11H6F2N.CH4O.Ir/c1-9-3-5-19(17-9)13-8-14(12(16)7-11(13)15)20-6-4-10(2)18-20;12-8-4-5-9(10(13)7-8)11-3-1-2-6-14-11;1-2;/h3-7H,1-2H3;1-4,6-7H;2H,1H3;/q2*-1;;. The minimum atomic E-state index is -0.724. The molecule has 0 atom stereocenters. The molecule has 0 bridgehead atoms. The molecule has 37 heavy (non-hydrogen) atoms. The summed E-state index contributed by atoms with van der Waals surface area (Å²) in [6.45, 7) is 3.57. The largest absolute Gasteiger partial charge is 0.400 e. The molecule has 0 fully saturated rings. The Morgan fingerprint density at radius 2 is 1.35 bits per heavy atom. The molecule has 6 nitrogen and oxygen atoms in total. The van der Waals surface area contributed by atoms with Gasteiger partial charge < -0.3 is 10.1 Å². The molecule has 0 spiro atoms. The van der Waals surface area contributed by atoms with Crippen LogP contribution in [-0.4, -0.2) is 36.8 Å². The Morgan fingerprint density at radius 3 is 1.78 bits per heavy atom. The van der Waals surface area contributed by atoms with E-state index >= 15 is 0 Å². The first-order chi connectivity index (χ1) is 17.3. The van der Waals surface area contributed by atoms with Crippen LogP contribution in [0.3, 0.4) is 0 Å². The van der Waals surface area contributed by atoms with Crippen LogP contribution in [0.4, 0.5) is 17.6 Å². The smallest absolute Gasteiger partial charge is 0.0597 e. The van der Waals surface area contributed by atoms with Crippen LogP contribution in [0.2, 0.25) is 0 Å². The van der Waals surface area contributed by atoms with Crippen molar-refractivity contribution in [3.05, 3.63) is 114 Å². The first kappa shape index (κ1) is 29.6. The average molecular weight is 688 g/mol. The molecule has 11 heteroatoms. The summed E-state index contributed by atoms with van der Waals surface area (Å²) in [5.41, 5.74) is 2.22. The number of aryl methyl sites for hydroxylation is 2. The van der Waals surface area contributed by atoms with Crippen molar-refractivity contribution >= 4 is 0 Å². The molecule has 0 saturated carbocycles. The third kappa shape index (κ3) is 7.42. The second-order valence-corrected chi connectivity index (χ2v) is 7.22. The summed E-state index contributed by atoms with van der Waals surface area (Å²) >= 11 is 0. The van der Waals surface area contributed by atoms with Gasteiger partial charge in [0.05, 0.1) is 11.4 Å². The van der Waals surface area contributed by atoms with Crippen LogP contribution in [0.1, 0.15) is 11.4 Å². The van der Waals surface area contributed by atoms with E-state index in [2.05, 4.69) is 27.3 Å². The van der Waals surface area contributed by atoms with Gasteiger partial charge in [-0.05, 0) is 49.1 Å². The first-order valence-electron chi connectivity index (χ1n) is 10.5. The van der Waals surface area contributed by atoms with Gasteiger partial charge in [-0.1, -0.05) is 29.8 Å². The number of pyridine rings is 1. The van der Waals surface area contributed by atoms with Crippen molar-refractivity contribution in [2.45, 2.75) is 13.8 Å². The van der Waals surface area contributed by atoms with Crippen molar-refractivity contribution in [3.8, 4) is 22.6 Å². The molecule has 5 aromatic rings. The predicted molar refractivity (Wildman–Crippen MR) is 125 cm³/mol. The summed E-state index contributed by atoms with van der Waals surface area (Å²) in [4.78, 5) is 3.95. The summed E-state index contributed by atoms with van der Waals surface area (Å²) < 4.78 is 56.2. The number of aliphatic hydroxyl groups excluding tert-OH is 1. The number of hydrogen-bond acceptors (Lipinski definition) is 4. The van der Waals surface area contributed by atoms with E-state index in [9.17, 15) is 17.6 Å². The monoisotopic (exact) mass is 688 g/mol. The second-order valence-electron chi connectivity index (χ2n) is 7.22. The molecule has 0 aliphatic rings. The zero-order valence-electron chi connectivity index (χ0n) is 19.9. The number of halogens is 4. The number of benzene rings is 2. The fraction of sp³-hybridized carbons (Fsp3) is 0.115. The van der Waals surface area contributed by atoms with E-state index in [0.29, 0.717) is 5.69 Å². The third-order valence-electron chi connectivity index (χ3n) is 4.62. The fourth-order valence-electron chi connectivity index (χ4n) is 3.04. The van der Waals surface area contributed by atoms with Crippen molar-refractivity contribution in [2.75, 3.05) is 7.11 Å². The minimum Gasteiger partial charge on any atom is -0.400 e. The van der Waals surface area contributed by atoms with Crippen molar-refractivity contribution in [1.82, 2.24) is 24.5 Å². The molecule has 1 radical (unpaired) electrons. The average Bonchev–Trinajstić information content (AvgIpc) is 3.49. The van der Waals surface area contributed by atoms with E-state index in [-0.39, 0.29) is 37.0 Å². The van der Waals surface area contributed by atoms with Gasteiger partial charge >= 0.3 is 0 Å². The van der Waals surface area contributed by atoms with Crippen molar-refractivity contribution in [3.63, 3.8) is 0 Å². The van der Waals surface area contributed by atoms with E-state index in [1.54, 1.807) is 62.8 Å². The number of hydrogen-bond donors (Lipinski definition) is 1. The summed E-state index contributed by atoms with van der Waals surface area (Å²) in [5.74, 6) is -2.73. The normalized spacial score (nSPS) is 9.95. The van der Waals surface area contributed by atoms with E-state index in [1.165, 1.54) is 9.36 Å². The molecular formula is C26H21F4IrN5O-2. The van der Waals surface area contributed by atoms with Crippen molar-refractivity contribution in [2.24, 2.45) is 0 Å². The van der Waals surface area contributed by atoms with E-state index < -0.39 is 23.3 Å². The fourth-order valence-corrected chi connectivity index (χ4v) is 3.04. The zero-order chi connectivity index (χ0) is 26.2. The van der Waals surface area contributed by atoms with E-state index in [4.69, 9.17) is 5.11 Å². The molecule has 0 saturated heterocycles. The van der Waals surface area contributed by atoms with Crippen LogP contribution in [0, 0.1) is 49.2 Å². The Hall–Kier alpha value is -3.66. The zero-order valence-corrected chi connectivity index (χ0v) is 22.3. The molecular weight excluding hydrogens is 667 g/mol. The van der Waals surface area contributed by atoms with Crippen LogP contribution >= 0.6 is 0 Å². The maximum absolute atomic E-state index is 13.9. The second kappa shape index (κ2) is 13.6. The van der Waals surface area contributed by atoms with Gasteiger partial charge in [0.25, 0.3) is 0 Å². The van der Waals surface area contributed by atoms with E-state index in [0.717, 1.165) is 36.7 Å². The maximum atomic E-state index is 13.9. The summed E-state index contributed by atoms with van der Waals surface area (Å²) in [6.07, 6.45) is 4.74. The van der Waals surface area contributed by atoms with Gasteiger partial charge in [-0.3, -0.25) is 26.9 Å². The summed E-state index contributed by atoms with van der Waals surface area (Å²) in [6, 6.07) is 16.5. The quantitative estimate of drug-likeness (QED) is 0.210. The maximum Gasteiger partial charge on any atom is 0.0597 e. The Bertz CT molecular complexity index is 1380. The van der Waals surface area contributed by atoms with Crippen LogP contribution in [0.15, 0.2) is 67.1 Å². The van der Waals surface area contributed by atoms with Crippen LogP contribution in [-0.2, 0) is 20.1 Å². The Kier molecular flexibility index (Phi) is 10.9. The van der Waals surface area contributed by atoms with Gasteiger partial charge in [-0.15, -0.1) is 18.2 Å². The SMILES string of the molecule is CO.Cc1ccn(-c2[c-]c(-n3ccc(C)n3)c(F)cc2F)n1.Fc1c[c-]c(-c2ccccn2)c(F)c1.[Ir]. The van der Waals surface area contributed by atoms with Crippen LogP contribution in [0.5, 0.6) is 0 Å². The summed E-state index contributed by atoms with van der Waals surface area (Å²) in [7, 11) is 1.00. The molecule has 0 aliphatic heterocycles. The number of rotatable bonds is 3. The van der Waals surface area contributed by atoms with Crippen molar-refractivity contribution < 1.29 is 42.8 Å². The molecule has 0 amide bonds. The van der Waals surface area contributed by atoms with Gasteiger partial charge in [0.1, 0.15) is 0 Å². The Labute approximate surface area is 224 Å². The minimum absolute atomic E-state index is 0. The molecule has 0 unspecified atom stereocenters. The van der Waals surface area contributed by atoms with Gasteiger partial charge in [0.2, 0.25) is 0 Å². The van der Waals surface area contributed by atoms with Crippen LogP contribution in [0.25, 0.3) is 22.6 Å². The van der Waals surface area contributed by atoms with Crippen LogP contribution < -0.4 is 0 Å². The predicted octanol–water partition coefficient (Wildman–Crippen LogP) is 5.19. The Balaban J connectivity index is 0.000000250. The van der Waals surface area contributed by atoms with Gasteiger partial charge in [-0.25, -0.2) is 0 Å². The molecule has 2 aromatic carbocycles. The number of nitrogens with zero attached hydrogens (tertiary/aromatic N) is 5. The van der Waals surface area contributed by atoms with Gasteiger partial charge in [0.15, 0.2) is 0 Å². The van der Waals surface area contributed by atoms with Gasteiger partial charge in [-0.2, -0.15) is 10.2 Å². The topological polar surface area (TPSA) is 68.8 Å². The molecule has 3 heterocycles. The molecule has 5 rings (SSSR count). The third-order valence-corrected chi connectivity index (χ3v) is 4.62. The summed E-state index contributed by atoms with van der Waals surface area (Å²) in [5, 5.41) is 15.2. The molecule has 195 valence electrons. The first-order valence-corrected chi connectivity index (χ1v) is 10.5. The molecule has 3 aromatic heterocycles. The van der Waals surface area contributed by atoms with Crippen molar-refractivity contribution in [1.29, 1.82) is 0 Å². The molecule has 1 N–H and O–H groups in total. The number of aromatic nitrogens is 5. The molecule has 0 aliphatic carbocycles. The Morgan fingerprint density at radius 1 is 0.784 bits per heavy atom. The van der Waals surface area contributed by atoms with Gasteiger partial charge in [0, 0.05) is 69.1 Å².